The van der Waals surface area contributed by atoms with Gasteiger partial charge in [0, 0.05) is 5.56 Å². The van der Waals surface area contributed by atoms with E-state index >= 15 is 0 Å². The maximum absolute atomic E-state index is 5.62. The summed E-state index contributed by atoms with van der Waals surface area (Å²) in [5.74, 6) is 2.13. The molecule has 0 amide bonds. The van der Waals surface area contributed by atoms with E-state index in [9.17, 15) is 0 Å². The van der Waals surface area contributed by atoms with Gasteiger partial charge in [0.2, 0.25) is 0 Å². The van der Waals surface area contributed by atoms with E-state index in [0.717, 1.165) is 16.0 Å². The second kappa shape index (κ2) is 6.58. The smallest absolute Gasteiger partial charge is 0.277 e. The third kappa shape index (κ3) is 3.24. The normalized spacial score (nSPS) is 11.0. The first-order valence-corrected chi connectivity index (χ1v) is 9.04. The highest BCUT2D eigenvalue weighted by Gasteiger charge is 2.13. The Kier molecular flexibility index (Phi) is 4.14. The monoisotopic (exact) mass is 356 g/mol. The van der Waals surface area contributed by atoms with Crippen molar-refractivity contribution < 1.29 is 8.94 Å². The van der Waals surface area contributed by atoms with Crippen molar-refractivity contribution in [1.82, 2.24) is 20.3 Å². The van der Waals surface area contributed by atoms with E-state index in [1.807, 2.05) is 48.7 Å². The number of rotatable bonds is 5. The molecule has 3 aromatic heterocycles. The van der Waals surface area contributed by atoms with Gasteiger partial charge in [-0.3, -0.25) is 0 Å². The predicted octanol–water partition coefficient (Wildman–Crippen LogP) is 4.45. The number of thiophene rings is 1. The van der Waals surface area contributed by atoms with Crippen LogP contribution in [0.15, 0.2) is 55.9 Å². The van der Waals surface area contributed by atoms with Gasteiger partial charge >= 0.3 is 0 Å². The molecule has 0 N–H and O–H groups in total. The Bertz CT molecular complexity index is 947. The minimum atomic E-state index is 0.486. The third-order valence-electron chi connectivity index (χ3n) is 3.20. The minimum absolute atomic E-state index is 0.486. The minimum Gasteiger partial charge on any atom is -0.410 e. The molecule has 0 saturated carbocycles. The predicted molar refractivity (Wildman–Crippen MR) is 91.6 cm³/mol. The molecular weight excluding hydrogens is 344 g/mol. The van der Waals surface area contributed by atoms with Gasteiger partial charge in [0.25, 0.3) is 17.0 Å². The van der Waals surface area contributed by atoms with Crippen LogP contribution in [0.5, 0.6) is 0 Å². The van der Waals surface area contributed by atoms with E-state index in [1.165, 1.54) is 11.8 Å². The molecule has 8 heteroatoms. The maximum atomic E-state index is 5.62. The van der Waals surface area contributed by atoms with Crippen LogP contribution in [-0.4, -0.2) is 20.3 Å². The highest BCUT2D eigenvalue weighted by atomic mass is 32.2. The number of hydrogen-bond donors (Lipinski definition) is 0. The van der Waals surface area contributed by atoms with Crippen LogP contribution in [0.3, 0.4) is 0 Å². The maximum Gasteiger partial charge on any atom is 0.277 e. The van der Waals surface area contributed by atoms with Crippen LogP contribution in [0.2, 0.25) is 0 Å². The zero-order valence-electron chi connectivity index (χ0n) is 12.7. The van der Waals surface area contributed by atoms with Gasteiger partial charge in [-0.05, 0) is 30.5 Å². The van der Waals surface area contributed by atoms with Crippen LogP contribution in [0.25, 0.3) is 22.2 Å². The molecule has 0 bridgehead atoms. The summed E-state index contributed by atoms with van der Waals surface area (Å²) in [4.78, 5) is 5.36. The molecule has 0 spiro atoms. The van der Waals surface area contributed by atoms with Gasteiger partial charge in [0.15, 0.2) is 5.82 Å². The fourth-order valence-electron chi connectivity index (χ4n) is 2.10. The third-order valence-corrected chi connectivity index (χ3v) is 4.87. The molecule has 0 fully saturated rings. The topological polar surface area (TPSA) is 77.8 Å². The lowest BCUT2D eigenvalue weighted by Gasteiger charge is -1.95. The van der Waals surface area contributed by atoms with Crippen molar-refractivity contribution in [3.8, 4) is 22.2 Å². The van der Waals surface area contributed by atoms with Gasteiger partial charge in [0.05, 0.1) is 10.6 Å². The molecule has 0 unspecified atom stereocenters. The van der Waals surface area contributed by atoms with Crippen LogP contribution in [-0.2, 0) is 5.75 Å². The molecule has 4 rings (SSSR count). The molecule has 4 aromatic rings. The van der Waals surface area contributed by atoms with Crippen LogP contribution in [0, 0.1) is 6.92 Å². The molecule has 0 radical (unpaired) electrons. The SMILES string of the molecule is Cc1cccc(-c2nc(CSc3nnc(-c4cccs4)o3)no2)c1. The quantitative estimate of drug-likeness (QED) is 0.489. The van der Waals surface area contributed by atoms with Gasteiger partial charge in [-0.2, -0.15) is 4.98 Å². The zero-order valence-corrected chi connectivity index (χ0v) is 14.3. The molecule has 24 heavy (non-hydrogen) atoms. The Morgan fingerprint density at radius 2 is 2.08 bits per heavy atom. The summed E-state index contributed by atoms with van der Waals surface area (Å²) in [5.41, 5.74) is 2.06. The summed E-state index contributed by atoms with van der Waals surface area (Å²) in [6.45, 7) is 2.03. The van der Waals surface area contributed by atoms with E-state index in [4.69, 9.17) is 8.94 Å². The van der Waals surface area contributed by atoms with Crippen molar-refractivity contribution in [2.45, 2.75) is 17.9 Å². The van der Waals surface area contributed by atoms with Crippen molar-refractivity contribution in [3.63, 3.8) is 0 Å². The van der Waals surface area contributed by atoms with Gasteiger partial charge in [-0.15, -0.1) is 21.5 Å². The summed E-state index contributed by atoms with van der Waals surface area (Å²) in [6, 6.07) is 11.8. The van der Waals surface area contributed by atoms with E-state index < -0.39 is 0 Å². The van der Waals surface area contributed by atoms with Crippen LogP contribution in [0.1, 0.15) is 11.4 Å². The standard InChI is InChI=1S/C16H12N4O2S2/c1-10-4-2-5-11(8-10)14-17-13(20-22-14)9-24-16-19-18-15(21-16)12-6-3-7-23-12/h2-8H,9H2,1H3. The lowest BCUT2D eigenvalue weighted by atomic mass is 10.1. The Balaban J connectivity index is 1.43. The number of aromatic nitrogens is 4. The largest absolute Gasteiger partial charge is 0.410 e. The zero-order chi connectivity index (χ0) is 16.4. The molecule has 0 atom stereocenters. The van der Waals surface area contributed by atoms with Gasteiger partial charge in [0.1, 0.15) is 0 Å². The second-order valence-corrected chi connectivity index (χ2v) is 6.90. The first-order valence-electron chi connectivity index (χ1n) is 7.18. The number of aryl methyl sites for hydroxylation is 1. The Labute approximate surface area is 145 Å². The summed E-state index contributed by atoms with van der Waals surface area (Å²) in [6.07, 6.45) is 0. The summed E-state index contributed by atoms with van der Waals surface area (Å²) >= 11 is 2.94. The Morgan fingerprint density at radius 1 is 1.12 bits per heavy atom. The molecular formula is C16H12N4O2S2. The Morgan fingerprint density at radius 3 is 2.92 bits per heavy atom. The van der Waals surface area contributed by atoms with Gasteiger partial charge < -0.3 is 8.94 Å². The Hall–Kier alpha value is -2.45. The average molecular weight is 356 g/mol. The molecule has 1 aromatic carbocycles. The lowest BCUT2D eigenvalue weighted by molar-refractivity contribution is 0.425. The second-order valence-electron chi connectivity index (χ2n) is 5.02. The van der Waals surface area contributed by atoms with Crippen molar-refractivity contribution >= 4 is 23.1 Å². The van der Waals surface area contributed by atoms with E-state index in [-0.39, 0.29) is 0 Å². The highest BCUT2D eigenvalue weighted by molar-refractivity contribution is 7.98. The van der Waals surface area contributed by atoms with Crippen LogP contribution in [0.4, 0.5) is 0 Å². The number of thioether (sulfide) groups is 1. The van der Waals surface area contributed by atoms with E-state index in [1.54, 1.807) is 11.3 Å². The van der Waals surface area contributed by atoms with Crippen molar-refractivity contribution in [3.05, 3.63) is 53.2 Å². The molecule has 6 nitrogen and oxygen atoms in total. The van der Waals surface area contributed by atoms with Crippen molar-refractivity contribution in [1.29, 1.82) is 0 Å². The number of nitrogens with zero attached hydrogens (tertiary/aromatic N) is 4. The van der Waals surface area contributed by atoms with Crippen molar-refractivity contribution in [2.24, 2.45) is 0 Å². The fourth-order valence-corrected chi connectivity index (χ4v) is 3.35. The first-order chi connectivity index (χ1) is 11.8. The summed E-state index contributed by atoms with van der Waals surface area (Å²) in [7, 11) is 0. The molecule has 120 valence electrons. The van der Waals surface area contributed by atoms with Gasteiger partial charge in [-0.1, -0.05) is 40.7 Å². The molecule has 0 aliphatic rings. The fraction of sp³-hybridized carbons (Fsp3) is 0.125. The number of benzene rings is 1. The van der Waals surface area contributed by atoms with E-state index in [0.29, 0.717) is 28.6 Å². The number of hydrogen-bond acceptors (Lipinski definition) is 8. The van der Waals surface area contributed by atoms with Crippen LogP contribution >= 0.6 is 23.1 Å². The summed E-state index contributed by atoms with van der Waals surface area (Å²) in [5, 5.41) is 14.5. The van der Waals surface area contributed by atoms with Crippen molar-refractivity contribution in [2.75, 3.05) is 0 Å². The van der Waals surface area contributed by atoms with Gasteiger partial charge in [-0.25, -0.2) is 0 Å². The van der Waals surface area contributed by atoms with E-state index in [2.05, 4.69) is 20.3 Å². The summed E-state index contributed by atoms with van der Waals surface area (Å²) < 4.78 is 10.9. The lowest BCUT2D eigenvalue weighted by Crippen LogP contribution is -1.84. The molecule has 0 aliphatic carbocycles. The highest BCUT2D eigenvalue weighted by Crippen LogP contribution is 2.28. The average Bonchev–Trinajstić information content (AvgIpc) is 3.33. The molecule has 0 saturated heterocycles. The molecule has 0 aliphatic heterocycles. The first kappa shape index (κ1) is 15.1. The van der Waals surface area contributed by atoms with Crippen LogP contribution < -0.4 is 0 Å². The molecule has 3 heterocycles.